The van der Waals surface area contributed by atoms with Crippen molar-refractivity contribution in [2.24, 2.45) is 0 Å². The van der Waals surface area contributed by atoms with Crippen LogP contribution in [-0.2, 0) is 9.84 Å². The van der Waals surface area contributed by atoms with Crippen LogP contribution in [0.2, 0.25) is 0 Å². The Morgan fingerprint density at radius 2 is 1.87 bits per heavy atom. The Balaban J connectivity index is 1.79. The van der Waals surface area contributed by atoms with E-state index in [1.165, 1.54) is 6.20 Å². The second kappa shape index (κ2) is 6.70. The number of nitrogens with zero attached hydrogens (tertiary/aromatic N) is 4. The summed E-state index contributed by atoms with van der Waals surface area (Å²) in [7, 11) is -2.00. The van der Waals surface area contributed by atoms with Crippen molar-refractivity contribution in [2.45, 2.75) is 5.16 Å². The Bertz CT molecular complexity index is 1400. The van der Waals surface area contributed by atoms with Crippen LogP contribution >= 0.6 is 0 Å². The van der Waals surface area contributed by atoms with E-state index in [9.17, 15) is 8.42 Å². The number of hydrogen-bond donors (Lipinski definition) is 0. The van der Waals surface area contributed by atoms with Crippen molar-refractivity contribution >= 4 is 20.9 Å². The topological polar surface area (TPSA) is 105 Å². The lowest BCUT2D eigenvalue weighted by Crippen LogP contribution is -2.08. The minimum absolute atomic E-state index is 0.163. The number of imidazole rings is 1. The zero-order valence-electron chi connectivity index (χ0n) is 16.1. The third-order valence-electron chi connectivity index (χ3n) is 4.67. The van der Waals surface area contributed by atoms with Crippen LogP contribution in [0.25, 0.3) is 28.2 Å². The van der Waals surface area contributed by atoms with Crippen molar-refractivity contribution in [3.05, 3.63) is 48.7 Å². The second-order valence-corrected chi connectivity index (χ2v) is 8.57. The molecular formula is C20H16N4O5S. The Labute approximate surface area is 171 Å². The molecule has 4 aromatic rings. The molecule has 2 aromatic heterocycles. The number of sulfone groups is 1. The van der Waals surface area contributed by atoms with Crippen molar-refractivity contribution in [1.29, 1.82) is 0 Å². The Morgan fingerprint density at radius 1 is 1.03 bits per heavy atom. The van der Waals surface area contributed by atoms with Crippen molar-refractivity contribution < 1.29 is 22.6 Å². The van der Waals surface area contributed by atoms with Gasteiger partial charge in [0.05, 0.1) is 18.1 Å². The lowest BCUT2D eigenvalue weighted by molar-refractivity contribution is 0.174. The number of ether oxygens (including phenoxy) is 3. The van der Waals surface area contributed by atoms with Gasteiger partial charge in [0, 0.05) is 24.1 Å². The molecule has 0 saturated heterocycles. The predicted octanol–water partition coefficient (Wildman–Crippen LogP) is 2.62. The fraction of sp³-hybridized carbons (Fsp3) is 0.150. The van der Waals surface area contributed by atoms with E-state index in [-0.39, 0.29) is 11.9 Å². The molecule has 152 valence electrons. The highest BCUT2D eigenvalue weighted by atomic mass is 32.2. The molecule has 0 radical (unpaired) electrons. The van der Waals surface area contributed by atoms with Crippen LogP contribution < -0.4 is 14.2 Å². The monoisotopic (exact) mass is 424 g/mol. The maximum Gasteiger partial charge on any atom is 0.248 e. The molecule has 1 aliphatic rings. The van der Waals surface area contributed by atoms with Crippen molar-refractivity contribution in [2.75, 3.05) is 20.2 Å². The Kier molecular flexibility index (Phi) is 4.10. The van der Waals surface area contributed by atoms with Crippen LogP contribution in [0, 0.1) is 0 Å². The SMILES string of the molecule is COc1ccc2c(c1)nc(-c1ccc3c(c1)OCO3)n2-c1ccnc(S(C)(=O)=O)n1. The summed E-state index contributed by atoms with van der Waals surface area (Å²) in [6.45, 7) is 0.163. The van der Waals surface area contributed by atoms with Gasteiger partial charge in [-0.05, 0) is 36.4 Å². The average Bonchev–Trinajstić information content (AvgIpc) is 3.36. The fourth-order valence-corrected chi connectivity index (χ4v) is 3.79. The summed E-state index contributed by atoms with van der Waals surface area (Å²) in [5, 5.41) is -0.257. The lowest BCUT2D eigenvalue weighted by Gasteiger charge is -2.10. The van der Waals surface area contributed by atoms with Crippen molar-refractivity contribution in [3.8, 4) is 34.5 Å². The highest BCUT2D eigenvalue weighted by Gasteiger charge is 2.21. The summed E-state index contributed by atoms with van der Waals surface area (Å²) in [6.07, 6.45) is 2.49. The first kappa shape index (κ1) is 18.4. The molecule has 2 aromatic carbocycles. The van der Waals surface area contributed by atoms with Gasteiger partial charge >= 0.3 is 0 Å². The van der Waals surface area contributed by atoms with E-state index in [1.807, 2.05) is 30.3 Å². The van der Waals surface area contributed by atoms with Crippen molar-refractivity contribution in [1.82, 2.24) is 19.5 Å². The lowest BCUT2D eigenvalue weighted by atomic mass is 10.2. The third kappa shape index (κ3) is 3.01. The zero-order chi connectivity index (χ0) is 20.9. The highest BCUT2D eigenvalue weighted by molar-refractivity contribution is 7.90. The van der Waals surface area contributed by atoms with Gasteiger partial charge < -0.3 is 14.2 Å². The number of methoxy groups -OCH3 is 1. The average molecular weight is 424 g/mol. The fourth-order valence-electron chi connectivity index (χ4n) is 3.28. The molecule has 5 rings (SSSR count). The molecule has 30 heavy (non-hydrogen) atoms. The van der Waals surface area contributed by atoms with Gasteiger partial charge in [-0.1, -0.05) is 0 Å². The van der Waals surface area contributed by atoms with E-state index < -0.39 is 9.84 Å². The standard InChI is InChI=1S/C20H16N4O5S/c1-27-13-4-5-15-14(10-13)22-19(12-3-6-16-17(9-12)29-11-28-16)24(15)18-7-8-21-20(23-18)30(2,25)26/h3-10H,11H2,1-2H3. The normalized spacial score (nSPS) is 13.0. The molecule has 0 N–H and O–H groups in total. The van der Waals surface area contributed by atoms with Crippen LogP contribution in [0.4, 0.5) is 0 Å². The molecule has 1 aliphatic heterocycles. The first-order chi connectivity index (χ1) is 14.4. The number of aromatic nitrogens is 4. The molecule has 0 fully saturated rings. The molecule has 0 aliphatic carbocycles. The van der Waals surface area contributed by atoms with Crippen LogP contribution in [-0.4, -0.2) is 48.1 Å². The number of hydrogen-bond acceptors (Lipinski definition) is 8. The van der Waals surface area contributed by atoms with Gasteiger partial charge in [-0.25, -0.2) is 23.4 Å². The third-order valence-corrected chi connectivity index (χ3v) is 5.53. The van der Waals surface area contributed by atoms with Gasteiger partial charge in [0.25, 0.3) is 0 Å². The van der Waals surface area contributed by atoms with Crippen LogP contribution in [0.15, 0.2) is 53.8 Å². The van der Waals surface area contributed by atoms with Gasteiger partial charge in [-0.3, -0.25) is 4.57 Å². The maximum atomic E-state index is 12.0. The number of rotatable bonds is 4. The minimum Gasteiger partial charge on any atom is -0.497 e. The van der Waals surface area contributed by atoms with Gasteiger partial charge in [-0.15, -0.1) is 0 Å². The molecule has 0 saturated carbocycles. The summed E-state index contributed by atoms with van der Waals surface area (Å²) in [4.78, 5) is 12.9. The predicted molar refractivity (Wildman–Crippen MR) is 108 cm³/mol. The van der Waals surface area contributed by atoms with Gasteiger partial charge in [0.1, 0.15) is 17.4 Å². The quantitative estimate of drug-likeness (QED) is 0.461. The van der Waals surface area contributed by atoms with Gasteiger partial charge in [-0.2, -0.15) is 0 Å². The molecule has 0 unspecified atom stereocenters. The number of fused-ring (bicyclic) bond motifs is 2. The van der Waals surface area contributed by atoms with E-state index in [4.69, 9.17) is 19.2 Å². The summed E-state index contributed by atoms with van der Waals surface area (Å²) in [6, 6.07) is 12.6. The van der Waals surface area contributed by atoms with E-state index >= 15 is 0 Å². The van der Waals surface area contributed by atoms with Gasteiger partial charge in [0.15, 0.2) is 11.5 Å². The molecule has 0 bridgehead atoms. The molecular weight excluding hydrogens is 408 g/mol. The first-order valence-electron chi connectivity index (χ1n) is 8.94. The molecule has 0 spiro atoms. The summed E-state index contributed by atoms with van der Waals surface area (Å²) in [5.41, 5.74) is 2.16. The Hall–Kier alpha value is -3.66. The van der Waals surface area contributed by atoms with Crippen LogP contribution in [0.5, 0.6) is 17.2 Å². The highest BCUT2D eigenvalue weighted by Crippen LogP contribution is 2.37. The minimum atomic E-state index is -3.58. The molecule has 0 amide bonds. The van der Waals surface area contributed by atoms with E-state index in [0.717, 1.165) is 17.3 Å². The van der Waals surface area contributed by atoms with E-state index in [0.29, 0.717) is 34.4 Å². The van der Waals surface area contributed by atoms with Crippen molar-refractivity contribution in [3.63, 3.8) is 0 Å². The number of benzene rings is 2. The van der Waals surface area contributed by atoms with E-state index in [2.05, 4.69) is 9.97 Å². The summed E-state index contributed by atoms with van der Waals surface area (Å²) in [5.74, 6) is 2.87. The molecule has 0 atom stereocenters. The van der Waals surface area contributed by atoms with Crippen LogP contribution in [0.1, 0.15) is 0 Å². The summed E-state index contributed by atoms with van der Waals surface area (Å²) >= 11 is 0. The Morgan fingerprint density at radius 3 is 2.67 bits per heavy atom. The largest absolute Gasteiger partial charge is 0.497 e. The van der Waals surface area contributed by atoms with E-state index in [1.54, 1.807) is 23.8 Å². The summed E-state index contributed by atoms with van der Waals surface area (Å²) < 4.78 is 42.0. The van der Waals surface area contributed by atoms with Crippen LogP contribution in [0.3, 0.4) is 0 Å². The molecule has 9 nitrogen and oxygen atoms in total. The zero-order valence-corrected chi connectivity index (χ0v) is 16.9. The maximum absolute atomic E-state index is 12.0. The molecule has 10 heteroatoms. The second-order valence-electron chi connectivity index (χ2n) is 6.66. The molecule has 3 heterocycles. The smallest absolute Gasteiger partial charge is 0.248 e. The first-order valence-corrected chi connectivity index (χ1v) is 10.8. The van der Waals surface area contributed by atoms with Gasteiger partial charge in [0.2, 0.25) is 21.8 Å².